The lowest BCUT2D eigenvalue weighted by atomic mass is 9.86. The molecule has 2 aliphatic heterocycles. The van der Waals surface area contributed by atoms with Gasteiger partial charge in [-0.05, 0) is 12.5 Å². The number of likely N-dealkylation sites (tertiary alicyclic amines) is 1. The van der Waals surface area contributed by atoms with E-state index in [-0.39, 0.29) is 0 Å². The van der Waals surface area contributed by atoms with Gasteiger partial charge in [0.15, 0.2) is 0 Å². The van der Waals surface area contributed by atoms with Crippen LogP contribution in [0.2, 0.25) is 0 Å². The molecule has 2 aliphatic rings. The molecule has 0 unspecified atom stereocenters. The molecule has 2 saturated heterocycles. The van der Waals surface area contributed by atoms with Crippen molar-refractivity contribution in [2.75, 3.05) is 39.4 Å². The van der Waals surface area contributed by atoms with E-state index in [1.54, 1.807) is 0 Å². The molecule has 0 aromatic heterocycles. The van der Waals surface area contributed by atoms with Gasteiger partial charge in [0.1, 0.15) is 0 Å². The number of hydrogen-bond donors (Lipinski definition) is 1. The van der Waals surface area contributed by atoms with Gasteiger partial charge in [-0.3, -0.25) is 0 Å². The Balaban J connectivity index is 1.69. The third-order valence-corrected chi connectivity index (χ3v) is 2.87. The molecule has 0 aliphatic carbocycles. The van der Waals surface area contributed by atoms with Gasteiger partial charge in [-0.25, -0.2) is 0 Å². The fourth-order valence-electron chi connectivity index (χ4n) is 2.04. The minimum Gasteiger partial charge on any atom is -0.380 e. The van der Waals surface area contributed by atoms with E-state index in [0.29, 0.717) is 5.41 Å². The van der Waals surface area contributed by atoms with E-state index >= 15 is 0 Å². The summed E-state index contributed by atoms with van der Waals surface area (Å²) in [5.74, 6) is 0.759. The third kappa shape index (κ3) is 1.49. The summed E-state index contributed by atoms with van der Waals surface area (Å²) in [7, 11) is 0. The largest absolute Gasteiger partial charge is 0.380 e. The number of rotatable bonds is 3. The quantitative estimate of drug-likeness (QED) is 0.643. The molecule has 0 saturated carbocycles. The molecule has 70 valence electrons. The molecule has 0 aromatic rings. The molecule has 12 heavy (non-hydrogen) atoms. The van der Waals surface area contributed by atoms with Crippen molar-refractivity contribution >= 4 is 0 Å². The van der Waals surface area contributed by atoms with Crippen LogP contribution in [0.4, 0.5) is 0 Å². The second-order valence-corrected chi connectivity index (χ2v) is 4.60. The van der Waals surface area contributed by atoms with Gasteiger partial charge in [0.25, 0.3) is 0 Å². The number of ether oxygens (including phenoxy) is 1. The molecule has 0 atom stereocenters. The first-order chi connectivity index (χ1) is 5.72. The van der Waals surface area contributed by atoms with E-state index in [1.165, 1.54) is 19.6 Å². The van der Waals surface area contributed by atoms with Crippen LogP contribution in [0.15, 0.2) is 0 Å². The summed E-state index contributed by atoms with van der Waals surface area (Å²) in [6.45, 7) is 8.63. The predicted molar refractivity (Wildman–Crippen MR) is 47.9 cm³/mol. The Morgan fingerprint density at radius 2 is 2.17 bits per heavy atom. The van der Waals surface area contributed by atoms with Gasteiger partial charge < -0.3 is 15.4 Å². The Morgan fingerprint density at radius 1 is 1.50 bits per heavy atom. The number of nitrogens with two attached hydrogens (primary N) is 1. The molecule has 3 heteroatoms. The van der Waals surface area contributed by atoms with Crippen LogP contribution in [0.1, 0.15) is 6.92 Å². The lowest BCUT2D eigenvalue weighted by Crippen LogP contribution is -2.57. The van der Waals surface area contributed by atoms with Crippen molar-refractivity contribution in [3.05, 3.63) is 0 Å². The maximum absolute atomic E-state index is 5.55. The minimum absolute atomic E-state index is 0.444. The van der Waals surface area contributed by atoms with Crippen LogP contribution in [0.25, 0.3) is 0 Å². The van der Waals surface area contributed by atoms with E-state index in [4.69, 9.17) is 10.5 Å². The van der Waals surface area contributed by atoms with E-state index in [0.717, 1.165) is 25.7 Å². The zero-order chi connectivity index (χ0) is 8.60. The molecular formula is C9H18N2O. The van der Waals surface area contributed by atoms with Crippen LogP contribution >= 0.6 is 0 Å². The van der Waals surface area contributed by atoms with Gasteiger partial charge in [-0.1, -0.05) is 6.92 Å². The fourth-order valence-corrected chi connectivity index (χ4v) is 2.04. The Bertz CT molecular complexity index is 162. The van der Waals surface area contributed by atoms with Crippen LogP contribution in [-0.4, -0.2) is 44.3 Å². The summed E-state index contributed by atoms with van der Waals surface area (Å²) in [6, 6.07) is 0. The Kier molecular flexibility index (Phi) is 2.10. The van der Waals surface area contributed by atoms with Gasteiger partial charge in [0.05, 0.1) is 13.2 Å². The molecule has 2 N–H and O–H groups in total. The monoisotopic (exact) mass is 170 g/mol. The first-order valence-electron chi connectivity index (χ1n) is 4.72. The molecule has 0 amide bonds. The van der Waals surface area contributed by atoms with E-state index in [9.17, 15) is 0 Å². The maximum Gasteiger partial charge on any atom is 0.0554 e. The third-order valence-electron chi connectivity index (χ3n) is 2.87. The summed E-state index contributed by atoms with van der Waals surface area (Å²) in [5.41, 5.74) is 6.00. The normalized spacial score (nSPS) is 29.5. The first kappa shape index (κ1) is 8.48. The summed E-state index contributed by atoms with van der Waals surface area (Å²) >= 11 is 0. The summed E-state index contributed by atoms with van der Waals surface area (Å²) < 4.78 is 5.21. The van der Waals surface area contributed by atoms with Crippen LogP contribution < -0.4 is 5.73 Å². The smallest absolute Gasteiger partial charge is 0.0554 e. The molecule has 3 nitrogen and oxygen atoms in total. The van der Waals surface area contributed by atoms with Crippen molar-refractivity contribution < 1.29 is 4.74 Å². The predicted octanol–water partition coefficient (Wildman–Crippen LogP) is -0.0866. The average molecular weight is 170 g/mol. The van der Waals surface area contributed by atoms with Crippen LogP contribution in [-0.2, 0) is 4.74 Å². The van der Waals surface area contributed by atoms with E-state index in [1.807, 2.05) is 0 Å². The van der Waals surface area contributed by atoms with Gasteiger partial charge in [-0.2, -0.15) is 0 Å². The van der Waals surface area contributed by atoms with Gasteiger partial charge >= 0.3 is 0 Å². The lowest BCUT2D eigenvalue weighted by molar-refractivity contribution is -0.125. The van der Waals surface area contributed by atoms with Crippen LogP contribution in [0.3, 0.4) is 0 Å². The van der Waals surface area contributed by atoms with Crippen molar-refractivity contribution in [2.45, 2.75) is 6.92 Å². The number of nitrogens with zero attached hydrogens (tertiary/aromatic N) is 1. The zero-order valence-corrected chi connectivity index (χ0v) is 7.75. The summed E-state index contributed by atoms with van der Waals surface area (Å²) in [6.07, 6.45) is 0. The first-order valence-corrected chi connectivity index (χ1v) is 4.72. The standard InChI is InChI=1S/C9H18N2O/c1-9(6-12-7-9)5-11-3-8(2-10)4-11/h8H,2-7,10H2,1H3. The van der Waals surface area contributed by atoms with E-state index < -0.39 is 0 Å². The number of hydrogen-bond acceptors (Lipinski definition) is 3. The van der Waals surface area contributed by atoms with Gasteiger partial charge in [-0.15, -0.1) is 0 Å². The van der Waals surface area contributed by atoms with Crippen LogP contribution in [0, 0.1) is 11.3 Å². The molecule has 0 aromatic carbocycles. The van der Waals surface area contributed by atoms with Crippen LogP contribution in [0.5, 0.6) is 0 Å². The Hall–Kier alpha value is -0.120. The topological polar surface area (TPSA) is 38.5 Å². The Labute approximate surface area is 73.9 Å². The second kappa shape index (κ2) is 2.98. The van der Waals surface area contributed by atoms with E-state index in [2.05, 4.69) is 11.8 Å². The summed E-state index contributed by atoms with van der Waals surface area (Å²) in [5, 5.41) is 0. The minimum atomic E-state index is 0.444. The van der Waals surface area contributed by atoms with Crippen molar-refractivity contribution in [1.82, 2.24) is 4.90 Å². The molecule has 2 fully saturated rings. The fraction of sp³-hybridized carbons (Fsp3) is 1.00. The summed E-state index contributed by atoms with van der Waals surface area (Å²) in [4.78, 5) is 2.49. The van der Waals surface area contributed by atoms with Gasteiger partial charge in [0, 0.05) is 25.0 Å². The average Bonchev–Trinajstić information content (AvgIpc) is 1.92. The van der Waals surface area contributed by atoms with Crippen molar-refractivity contribution in [1.29, 1.82) is 0 Å². The molecule has 0 radical (unpaired) electrons. The highest BCUT2D eigenvalue weighted by Crippen LogP contribution is 2.30. The highest BCUT2D eigenvalue weighted by molar-refractivity contribution is 4.89. The lowest BCUT2D eigenvalue weighted by Gasteiger charge is -2.47. The SMILES string of the molecule is CC1(CN2CC(CN)C2)COC1. The van der Waals surface area contributed by atoms with Crippen molar-refractivity contribution in [3.63, 3.8) is 0 Å². The second-order valence-electron chi connectivity index (χ2n) is 4.60. The highest BCUT2D eigenvalue weighted by Gasteiger charge is 2.38. The molecule has 2 rings (SSSR count). The van der Waals surface area contributed by atoms with Crippen molar-refractivity contribution in [2.24, 2.45) is 17.1 Å². The van der Waals surface area contributed by atoms with Gasteiger partial charge in [0.2, 0.25) is 0 Å². The molecule has 0 bridgehead atoms. The Morgan fingerprint density at radius 3 is 2.58 bits per heavy atom. The molecule has 0 spiro atoms. The highest BCUT2D eigenvalue weighted by atomic mass is 16.5. The zero-order valence-electron chi connectivity index (χ0n) is 7.75. The van der Waals surface area contributed by atoms with Crippen molar-refractivity contribution in [3.8, 4) is 0 Å². The molecule has 2 heterocycles. The maximum atomic E-state index is 5.55. The molecular weight excluding hydrogens is 152 g/mol.